The Kier molecular flexibility index (Phi) is 8.01. The van der Waals surface area contributed by atoms with Gasteiger partial charge in [0.15, 0.2) is 0 Å². The lowest BCUT2D eigenvalue weighted by Crippen LogP contribution is -2.34. The molecule has 0 aliphatic rings. The van der Waals surface area contributed by atoms with Crippen LogP contribution in [0.5, 0.6) is 0 Å². The van der Waals surface area contributed by atoms with Crippen LogP contribution in [0.1, 0.15) is 6.92 Å². The number of aliphatic carboxylic acids is 1. The number of hydrogen-bond acceptors (Lipinski definition) is 4. The number of hydrogen-bond donors (Lipinski definition) is 1. The lowest BCUT2D eigenvalue weighted by Gasteiger charge is -2.19. The molecule has 0 rings (SSSR count). The van der Waals surface area contributed by atoms with Gasteiger partial charge in [-0.2, -0.15) is 0 Å². The van der Waals surface area contributed by atoms with E-state index >= 15 is 0 Å². The van der Waals surface area contributed by atoms with E-state index in [9.17, 15) is 9.59 Å². The molecule has 0 spiro atoms. The lowest BCUT2D eigenvalue weighted by atomic mass is 10.2. The van der Waals surface area contributed by atoms with Crippen molar-refractivity contribution in [1.29, 1.82) is 0 Å². The van der Waals surface area contributed by atoms with Gasteiger partial charge < -0.3 is 14.7 Å². The molecular weight excluding hydrogens is 230 g/mol. The Morgan fingerprint density at radius 2 is 2.12 bits per heavy atom. The van der Waals surface area contributed by atoms with Crippen LogP contribution in [0.3, 0.4) is 0 Å². The maximum absolute atomic E-state index is 11.5. The highest BCUT2D eigenvalue weighted by Gasteiger charge is 2.16. The first-order valence-electron chi connectivity index (χ1n) is 5.02. The maximum atomic E-state index is 11.5. The first kappa shape index (κ1) is 15.2. The van der Waals surface area contributed by atoms with Gasteiger partial charge >= 0.3 is 5.97 Å². The smallest absolute Gasteiger partial charge is 0.308 e. The normalized spacial score (nSPS) is 12.2. The van der Waals surface area contributed by atoms with Gasteiger partial charge in [-0.1, -0.05) is 6.92 Å². The molecule has 0 aromatic rings. The Morgan fingerprint density at radius 1 is 1.50 bits per heavy atom. The van der Waals surface area contributed by atoms with E-state index in [0.717, 1.165) is 5.75 Å². The van der Waals surface area contributed by atoms with Crippen molar-refractivity contribution >= 4 is 23.6 Å². The molecule has 0 aromatic heterocycles. The van der Waals surface area contributed by atoms with Crippen molar-refractivity contribution in [3.8, 4) is 0 Å². The van der Waals surface area contributed by atoms with Crippen LogP contribution in [-0.2, 0) is 14.3 Å². The maximum Gasteiger partial charge on any atom is 0.308 e. The fraction of sp³-hybridized carbons (Fsp3) is 0.800. The van der Waals surface area contributed by atoms with Gasteiger partial charge in [-0.3, -0.25) is 9.59 Å². The van der Waals surface area contributed by atoms with Crippen molar-refractivity contribution < 1.29 is 19.4 Å². The second-order valence-corrected chi connectivity index (χ2v) is 4.66. The third kappa shape index (κ3) is 6.68. The van der Waals surface area contributed by atoms with Crippen LogP contribution < -0.4 is 0 Å². The van der Waals surface area contributed by atoms with Crippen molar-refractivity contribution in [3.63, 3.8) is 0 Å². The predicted octanol–water partition coefficient (Wildman–Crippen LogP) is 0.545. The van der Waals surface area contributed by atoms with Crippen molar-refractivity contribution in [1.82, 2.24) is 4.90 Å². The SMILES string of the molecule is COCCSCC(=O)N(C)C[C@H](C)C(=O)O. The number of ether oxygens (including phenoxy) is 1. The largest absolute Gasteiger partial charge is 0.481 e. The summed E-state index contributed by atoms with van der Waals surface area (Å²) in [5.41, 5.74) is 0. The van der Waals surface area contributed by atoms with Crippen LogP contribution in [0, 0.1) is 5.92 Å². The topological polar surface area (TPSA) is 66.8 Å². The summed E-state index contributed by atoms with van der Waals surface area (Å²) in [5.74, 6) is -0.324. The van der Waals surface area contributed by atoms with Gasteiger partial charge in [0.25, 0.3) is 0 Å². The molecule has 1 amide bonds. The van der Waals surface area contributed by atoms with Crippen molar-refractivity contribution in [2.24, 2.45) is 5.92 Å². The van der Waals surface area contributed by atoms with Crippen LogP contribution in [0.4, 0.5) is 0 Å². The Morgan fingerprint density at radius 3 is 2.62 bits per heavy atom. The molecule has 1 N–H and O–H groups in total. The molecule has 0 saturated carbocycles. The first-order valence-corrected chi connectivity index (χ1v) is 6.18. The van der Waals surface area contributed by atoms with Gasteiger partial charge in [0.1, 0.15) is 0 Å². The Hall–Kier alpha value is -0.750. The molecule has 16 heavy (non-hydrogen) atoms. The summed E-state index contributed by atoms with van der Waals surface area (Å²) in [7, 11) is 3.24. The summed E-state index contributed by atoms with van der Waals surface area (Å²) in [6.07, 6.45) is 0. The number of carbonyl (C=O) groups excluding carboxylic acids is 1. The molecule has 1 atom stereocenters. The van der Waals surface area contributed by atoms with Crippen LogP contribution in [0.2, 0.25) is 0 Å². The number of carbonyl (C=O) groups is 2. The zero-order valence-electron chi connectivity index (χ0n) is 9.93. The minimum absolute atomic E-state index is 0.0470. The Bertz CT molecular complexity index is 235. The minimum Gasteiger partial charge on any atom is -0.481 e. The second-order valence-electron chi connectivity index (χ2n) is 3.56. The quantitative estimate of drug-likeness (QED) is 0.636. The fourth-order valence-electron chi connectivity index (χ4n) is 1.00. The average molecular weight is 249 g/mol. The van der Waals surface area contributed by atoms with E-state index in [1.54, 1.807) is 21.1 Å². The molecule has 0 radical (unpaired) electrons. The highest BCUT2D eigenvalue weighted by atomic mass is 32.2. The third-order valence-corrected chi connectivity index (χ3v) is 2.96. The second kappa shape index (κ2) is 8.41. The van der Waals surface area contributed by atoms with Crippen LogP contribution >= 0.6 is 11.8 Å². The van der Waals surface area contributed by atoms with Gasteiger partial charge in [-0.25, -0.2) is 0 Å². The first-order chi connectivity index (χ1) is 7.49. The van der Waals surface area contributed by atoms with Gasteiger partial charge in [0.05, 0.1) is 18.3 Å². The van der Waals surface area contributed by atoms with E-state index in [2.05, 4.69) is 0 Å². The van der Waals surface area contributed by atoms with Gasteiger partial charge in [-0.15, -0.1) is 11.8 Å². The fourth-order valence-corrected chi connectivity index (χ4v) is 1.83. The monoisotopic (exact) mass is 249 g/mol. The molecule has 6 heteroatoms. The van der Waals surface area contributed by atoms with E-state index in [0.29, 0.717) is 12.4 Å². The molecule has 5 nitrogen and oxygen atoms in total. The Balaban J connectivity index is 3.77. The van der Waals surface area contributed by atoms with Crippen molar-refractivity contribution in [2.75, 3.05) is 38.8 Å². The van der Waals surface area contributed by atoms with Gasteiger partial charge in [0, 0.05) is 26.5 Å². The molecule has 0 unspecified atom stereocenters. The molecule has 0 bridgehead atoms. The number of carboxylic acid groups (broad SMARTS) is 1. The standard InChI is InChI=1S/C10H19NO4S/c1-8(10(13)14)6-11(2)9(12)7-16-5-4-15-3/h8H,4-7H2,1-3H3,(H,13,14)/t8-/m0/s1. The summed E-state index contributed by atoms with van der Waals surface area (Å²) < 4.78 is 4.86. The lowest BCUT2D eigenvalue weighted by molar-refractivity contribution is -0.142. The molecule has 94 valence electrons. The minimum atomic E-state index is -0.883. The summed E-state index contributed by atoms with van der Waals surface area (Å²) in [4.78, 5) is 23.6. The van der Waals surface area contributed by atoms with Gasteiger partial charge in [0.2, 0.25) is 5.91 Å². The van der Waals surface area contributed by atoms with Crippen LogP contribution in [-0.4, -0.2) is 60.7 Å². The van der Waals surface area contributed by atoms with Crippen LogP contribution in [0.25, 0.3) is 0 Å². The number of carboxylic acids is 1. The predicted molar refractivity (Wildman–Crippen MR) is 63.6 cm³/mol. The van der Waals surface area contributed by atoms with Crippen molar-refractivity contribution in [3.05, 3.63) is 0 Å². The van der Waals surface area contributed by atoms with E-state index in [-0.39, 0.29) is 12.5 Å². The summed E-state index contributed by atoms with van der Waals surface area (Å²) in [6.45, 7) is 2.45. The molecule has 0 fully saturated rings. The summed E-state index contributed by atoms with van der Waals surface area (Å²) >= 11 is 1.49. The number of nitrogens with zero attached hydrogens (tertiary/aromatic N) is 1. The average Bonchev–Trinajstić information content (AvgIpc) is 2.23. The van der Waals surface area contributed by atoms with E-state index < -0.39 is 11.9 Å². The summed E-state index contributed by atoms with van der Waals surface area (Å²) in [5, 5.41) is 8.70. The molecule has 0 saturated heterocycles. The van der Waals surface area contributed by atoms with E-state index in [1.165, 1.54) is 16.7 Å². The van der Waals surface area contributed by atoms with E-state index in [1.807, 2.05) is 0 Å². The molecule has 0 aliphatic carbocycles. The van der Waals surface area contributed by atoms with Crippen LogP contribution in [0.15, 0.2) is 0 Å². The third-order valence-electron chi connectivity index (χ3n) is 2.05. The zero-order chi connectivity index (χ0) is 12.6. The highest BCUT2D eigenvalue weighted by molar-refractivity contribution is 7.99. The molecule has 0 aliphatic heterocycles. The highest BCUT2D eigenvalue weighted by Crippen LogP contribution is 2.04. The van der Waals surface area contributed by atoms with Crippen molar-refractivity contribution in [2.45, 2.75) is 6.92 Å². The summed E-state index contributed by atoms with van der Waals surface area (Å²) in [6, 6.07) is 0. The number of rotatable bonds is 8. The number of thioether (sulfide) groups is 1. The van der Waals surface area contributed by atoms with Gasteiger partial charge in [-0.05, 0) is 0 Å². The molecule has 0 heterocycles. The zero-order valence-corrected chi connectivity index (χ0v) is 10.7. The number of amides is 1. The molecule has 0 aromatic carbocycles. The Labute approximate surface area is 100 Å². The number of methoxy groups -OCH3 is 1. The van der Waals surface area contributed by atoms with E-state index in [4.69, 9.17) is 9.84 Å². The molecular formula is C10H19NO4S.